The molecule has 0 bridgehead atoms. The topological polar surface area (TPSA) is 72.5 Å². The fraction of sp³-hybridized carbons (Fsp3) is 0.500. The Kier molecular flexibility index (Phi) is 4.82. The van der Waals surface area contributed by atoms with Gasteiger partial charge in [-0.25, -0.2) is 12.8 Å². The zero-order valence-corrected chi connectivity index (χ0v) is 12.5. The van der Waals surface area contributed by atoms with Gasteiger partial charge in [-0.2, -0.15) is 0 Å². The highest BCUT2D eigenvalue weighted by Gasteiger charge is 2.31. The van der Waals surface area contributed by atoms with Crippen molar-refractivity contribution in [2.45, 2.75) is 31.9 Å². The number of nitrogens with one attached hydrogen (secondary N) is 1. The zero-order chi connectivity index (χ0) is 15.5. The molecule has 7 heteroatoms. The lowest BCUT2D eigenvalue weighted by Crippen LogP contribution is -2.44. The van der Waals surface area contributed by atoms with Gasteiger partial charge < -0.3 is 10.1 Å². The van der Waals surface area contributed by atoms with Crippen molar-refractivity contribution in [3.05, 3.63) is 30.1 Å². The molecule has 0 radical (unpaired) electrons. The largest absolute Gasteiger partial charge is 0.478 e. The maximum absolute atomic E-state index is 13.5. The Balaban J connectivity index is 1.98. The summed E-state index contributed by atoms with van der Waals surface area (Å²) in [5.74, 6) is -0.897. The molecule has 116 valence electrons. The molecule has 1 fully saturated rings. The second kappa shape index (κ2) is 6.43. The van der Waals surface area contributed by atoms with Gasteiger partial charge in [0.2, 0.25) is 0 Å². The van der Waals surface area contributed by atoms with Crippen LogP contribution >= 0.6 is 0 Å². The van der Waals surface area contributed by atoms with Gasteiger partial charge in [-0.3, -0.25) is 4.79 Å². The van der Waals surface area contributed by atoms with Crippen LogP contribution in [0.3, 0.4) is 0 Å². The number of carbonyl (C=O) groups excluding carboxylic acids is 1. The van der Waals surface area contributed by atoms with E-state index >= 15 is 0 Å². The number of para-hydroxylation sites is 1. The molecule has 1 saturated heterocycles. The molecule has 1 heterocycles. The Labute approximate surface area is 123 Å². The summed E-state index contributed by atoms with van der Waals surface area (Å²) in [6, 6.07) is 5.47. The number of amides is 1. The first-order valence-electron chi connectivity index (χ1n) is 6.83. The Morgan fingerprint density at radius 2 is 2.19 bits per heavy atom. The van der Waals surface area contributed by atoms with Gasteiger partial charge in [0.1, 0.15) is 0 Å². The van der Waals surface area contributed by atoms with E-state index in [4.69, 9.17) is 4.74 Å². The second-order valence-corrected chi connectivity index (χ2v) is 7.28. The van der Waals surface area contributed by atoms with E-state index in [9.17, 15) is 17.6 Å². The van der Waals surface area contributed by atoms with Crippen LogP contribution in [0.15, 0.2) is 24.3 Å². The number of benzene rings is 1. The molecule has 0 aliphatic carbocycles. The van der Waals surface area contributed by atoms with Crippen LogP contribution in [0.5, 0.6) is 5.75 Å². The standard InChI is InChI=1S/C14H18FNO4S/c1-2-12(20-13-6-4-3-5-11(13)15)14(17)16-10-7-8-21(18,19)9-10/h3-6,10,12H,2,7-9H2,1H3,(H,16,17)/t10-,12+/m0/s1. The highest BCUT2D eigenvalue weighted by molar-refractivity contribution is 7.91. The molecule has 2 rings (SSSR count). The fourth-order valence-electron chi connectivity index (χ4n) is 2.22. The van der Waals surface area contributed by atoms with E-state index in [0.29, 0.717) is 12.8 Å². The summed E-state index contributed by atoms with van der Waals surface area (Å²) in [5, 5.41) is 2.66. The lowest BCUT2D eigenvalue weighted by Gasteiger charge is -2.19. The van der Waals surface area contributed by atoms with Crippen molar-refractivity contribution < 1.29 is 22.3 Å². The minimum absolute atomic E-state index is 0.0125. The first-order valence-corrected chi connectivity index (χ1v) is 8.65. The first kappa shape index (κ1) is 15.8. The monoisotopic (exact) mass is 315 g/mol. The summed E-state index contributed by atoms with van der Waals surface area (Å²) in [4.78, 5) is 12.1. The fourth-order valence-corrected chi connectivity index (χ4v) is 3.89. The minimum atomic E-state index is -3.05. The van der Waals surface area contributed by atoms with Gasteiger partial charge in [0.25, 0.3) is 5.91 Å². The number of rotatable bonds is 5. The van der Waals surface area contributed by atoms with Gasteiger partial charge in [-0.15, -0.1) is 0 Å². The van der Waals surface area contributed by atoms with Gasteiger partial charge in [0, 0.05) is 6.04 Å². The number of hydrogen-bond donors (Lipinski definition) is 1. The lowest BCUT2D eigenvalue weighted by atomic mass is 10.2. The molecule has 5 nitrogen and oxygen atoms in total. The molecule has 1 aliphatic heterocycles. The normalized spacial score (nSPS) is 21.7. The van der Waals surface area contributed by atoms with E-state index in [1.807, 2.05) is 0 Å². The smallest absolute Gasteiger partial charge is 0.261 e. The van der Waals surface area contributed by atoms with Gasteiger partial charge >= 0.3 is 0 Å². The van der Waals surface area contributed by atoms with Crippen molar-refractivity contribution in [2.24, 2.45) is 0 Å². The summed E-state index contributed by atoms with van der Waals surface area (Å²) >= 11 is 0. The molecule has 1 aliphatic rings. The predicted octanol–water partition coefficient (Wildman–Crippen LogP) is 1.29. The SMILES string of the molecule is CC[C@@H](Oc1ccccc1F)C(=O)N[C@H]1CCS(=O)(=O)C1. The molecule has 21 heavy (non-hydrogen) atoms. The number of hydrogen-bond acceptors (Lipinski definition) is 4. The van der Waals surface area contributed by atoms with Gasteiger partial charge in [-0.05, 0) is 25.0 Å². The van der Waals surface area contributed by atoms with Crippen LogP contribution < -0.4 is 10.1 Å². The van der Waals surface area contributed by atoms with Crippen LogP contribution in [-0.4, -0.2) is 38.0 Å². The molecular formula is C14H18FNO4S. The highest BCUT2D eigenvalue weighted by Crippen LogP contribution is 2.18. The van der Waals surface area contributed by atoms with Gasteiger partial charge in [-0.1, -0.05) is 19.1 Å². The summed E-state index contributed by atoms with van der Waals surface area (Å²) in [6.07, 6.45) is -0.0747. The average molecular weight is 315 g/mol. The Morgan fingerprint density at radius 3 is 2.76 bits per heavy atom. The van der Waals surface area contributed by atoms with Crippen molar-refractivity contribution in [3.8, 4) is 5.75 Å². The van der Waals surface area contributed by atoms with Crippen LogP contribution in [-0.2, 0) is 14.6 Å². The highest BCUT2D eigenvalue weighted by atomic mass is 32.2. The van der Waals surface area contributed by atoms with Crippen molar-refractivity contribution in [1.82, 2.24) is 5.32 Å². The maximum Gasteiger partial charge on any atom is 0.261 e. The third-order valence-electron chi connectivity index (χ3n) is 3.35. The van der Waals surface area contributed by atoms with Crippen LogP contribution in [0, 0.1) is 5.82 Å². The molecular weight excluding hydrogens is 297 g/mol. The molecule has 1 amide bonds. The van der Waals surface area contributed by atoms with E-state index in [1.54, 1.807) is 13.0 Å². The molecule has 0 unspecified atom stereocenters. The van der Waals surface area contributed by atoms with Crippen LogP contribution in [0.1, 0.15) is 19.8 Å². The van der Waals surface area contributed by atoms with Crippen molar-refractivity contribution >= 4 is 15.7 Å². The zero-order valence-electron chi connectivity index (χ0n) is 11.7. The molecule has 1 aromatic carbocycles. The third-order valence-corrected chi connectivity index (χ3v) is 5.12. The molecule has 1 N–H and O–H groups in total. The summed E-state index contributed by atoms with van der Waals surface area (Å²) in [5.41, 5.74) is 0. The van der Waals surface area contributed by atoms with Crippen LogP contribution in [0.25, 0.3) is 0 Å². The summed E-state index contributed by atoms with van der Waals surface area (Å²) in [7, 11) is -3.05. The van der Waals surface area contributed by atoms with Crippen molar-refractivity contribution in [3.63, 3.8) is 0 Å². The molecule has 0 aromatic heterocycles. The quantitative estimate of drug-likeness (QED) is 0.888. The summed E-state index contributed by atoms with van der Waals surface area (Å²) < 4.78 is 41.6. The Hall–Kier alpha value is -1.63. The lowest BCUT2D eigenvalue weighted by molar-refractivity contribution is -0.128. The van der Waals surface area contributed by atoms with Gasteiger partial charge in [0.05, 0.1) is 11.5 Å². The van der Waals surface area contributed by atoms with E-state index in [-0.39, 0.29) is 23.3 Å². The Morgan fingerprint density at radius 1 is 1.48 bits per heavy atom. The number of ether oxygens (including phenoxy) is 1. The van der Waals surface area contributed by atoms with E-state index < -0.39 is 27.7 Å². The second-order valence-electron chi connectivity index (χ2n) is 5.05. The van der Waals surface area contributed by atoms with Gasteiger partial charge in [0.15, 0.2) is 27.5 Å². The Bertz CT molecular complexity index is 617. The minimum Gasteiger partial charge on any atom is -0.478 e. The first-order chi connectivity index (χ1) is 9.91. The van der Waals surface area contributed by atoms with Crippen LogP contribution in [0.2, 0.25) is 0 Å². The van der Waals surface area contributed by atoms with E-state index in [1.165, 1.54) is 18.2 Å². The molecule has 1 aromatic rings. The average Bonchev–Trinajstić information content (AvgIpc) is 2.77. The predicted molar refractivity (Wildman–Crippen MR) is 76.3 cm³/mol. The maximum atomic E-state index is 13.5. The number of halogens is 1. The van der Waals surface area contributed by atoms with E-state index in [2.05, 4.69) is 5.32 Å². The molecule has 0 saturated carbocycles. The van der Waals surface area contributed by atoms with Crippen molar-refractivity contribution in [1.29, 1.82) is 0 Å². The summed E-state index contributed by atoms with van der Waals surface area (Å²) in [6.45, 7) is 1.75. The number of sulfone groups is 1. The third kappa shape index (κ3) is 4.17. The van der Waals surface area contributed by atoms with E-state index in [0.717, 1.165) is 0 Å². The molecule has 2 atom stereocenters. The number of carbonyl (C=O) groups is 1. The van der Waals surface area contributed by atoms with Crippen LogP contribution in [0.4, 0.5) is 4.39 Å². The molecule has 0 spiro atoms. The van der Waals surface area contributed by atoms with Crippen molar-refractivity contribution in [2.75, 3.05) is 11.5 Å².